The lowest BCUT2D eigenvalue weighted by Gasteiger charge is -2.14. The number of nitrogens with one attached hydrogen (secondary N) is 1. The maximum absolute atomic E-state index is 13.3. The molecule has 1 unspecified atom stereocenters. The molecule has 0 radical (unpaired) electrons. The van der Waals surface area contributed by atoms with E-state index in [1.54, 1.807) is 0 Å². The molecule has 0 fully saturated rings. The molecule has 1 aromatic carbocycles. The predicted molar refractivity (Wildman–Crippen MR) is 74.8 cm³/mol. The Hall–Kier alpha value is -1.33. The van der Waals surface area contributed by atoms with Gasteiger partial charge in [0.2, 0.25) is 0 Å². The van der Waals surface area contributed by atoms with Gasteiger partial charge >= 0.3 is 5.97 Å². The average Bonchev–Trinajstić information content (AvgIpc) is 2.38. The standard InChI is InChI=1S/C13H14Cl2FNO3/c1-2-3-4-11(13(19)20)17-12(18)7-5-10(16)9(15)6-8(7)14/h5-6,11H,2-4H2,1H3,(H,17,18)(H,19,20). The number of rotatable bonds is 6. The zero-order chi connectivity index (χ0) is 15.3. The molecular formula is C13H14Cl2FNO3. The molecule has 0 aromatic heterocycles. The second-order valence-electron chi connectivity index (χ2n) is 4.25. The average molecular weight is 322 g/mol. The smallest absolute Gasteiger partial charge is 0.326 e. The number of aliphatic carboxylic acids is 1. The summed E-state index contributed by atoms with van der Waals surface area (Å²) in [6, 6.07) is 0.964. The lowest BCUT2D eigenvalue weighted by Crippen LogP contribution is -2.40. The van der Waals surface area contributed by atoms with Crippen molar-refractivity contribution in [2.45, 2.75) is 32.2 Å². The first kappa shape index (κ1) is 16.7. The number of carbonyl (C=O) groups excluding carboxylic acids is 1. The van der Waals surface area contributed by atoms with Crippen molar-refractivity contribution in [2.24, 2.45) is 0 Å². The summed E-state index contributed by atoms with van der Waals surface area (Å²) in [4.78, 5) is 23.0. The van der Waals surface area contributed by atoms with Crippen LogP contribution in [0.4, 0.5) is 4.39 Å². The first-order valence-corrected chi connectivity index (χ1v) is 6.80. The van der Waals surface area contributed by atoms with E-state index in [9.17, 15) is 14.0 Å². The van der Waals surface area contributed by atoms with E-state index in [0.29, 0.717) is 12.8 Å². The molecule has 0 saturated heterocycles. The van der Waals surface area contributed by atoms with E-state index in [4.69, 9.17) is 28.3 Å². The third kappa shape index (κ3) is 4.35. The Morgan fingerprint density at radius 1 is 1.35 bits per heavy atom. The Morgan fingerprint density at radius 3 is 2.55 bits per heavy atom. The van der Waals surface area contributed by atoms with E-state index >= 15 is 0 Å². The van der Waals surface area contributed by atoms with E-state index in [-0.39, 0.29) is 15.6 Å². The number of benzene rings is 1. The molecule has 0 aliphatic heterocycles. The fraction of sp³-hybridized carbons (Fsp3) is 0.385. The summed E-state index contributed by atoms with van der Waals surface area (Å²) in [6.07, 6.45) is 1.75. The first-order valence-electron chi connectivity index (χ1n) is 6.05. The van der Waals surface area contributed by atoms with Gasteiger partial charge in [-0.05, 0) is 18.6 Å². The highest BCUT2D eigenvalue weighted by Crippen LogP contribution is 2.24. The van der Waals surface area contributed by atoms with Gasteiger partial charge in [-0.1, -0.05) is 43.0 Å². The summed E-state index contributed by atoms with van der Waals surface area (Å²) in [5, 5.41) is 11.1. The zero-order valence-corrected chi connectivity index (χ0v) is 12.3. The highest BCUT2D eigenvalue weighted by Gasteiger charge is 2.22. The Morgan fingerprint density at radius 2 is 2.00 bits per heavy atom. The third-order valence-electron chi connectivity index (χ3n) is 2.70. The lowest BCUT2D eigenvalue weighted by molar-refractivity contribution is -0.139. The highest BCUT2D eigenvalue weighted by atomic mass is 35.5. The molecule has 0 saturated carbocycles. The van der Waals surface area contributed by atoms with Crippen LogP contribution in [0, 0.1) is 5.82 Å². The van der Waals surface area contributed by atoms with Gasteiger partial charge in [-0.15, -0.1) is 0 Å². The summed E-state index contributed by atoms with van der Waals surface area (Å²) >= 11 is 11.3. The molecule has 0 spiro atoms. The molecule has 1 rings (SSSR count). The van der Waals surface area contributed by atoms with Crippen LogP contribution in [0.1, 0.15) is 36.5 Å². The van der Waals surface area contributed by atoms with Crippen LogP contribution < -0.4 is 5.32 Å². The van der Waals surface area contributed by atoms with E-state index in [0.717, 1.165) is 18.6 Å². The molecule has 1 aromatic rings. The molecule has 2 N–H and O–H groups in total. The zero-order valence-electron chi connectivity index (χ0n) is 10.8. The predicted octanol–water partition coefficient (Wildman–Crippen LogP) is 3.51. The Balaban J connectivity index is 2.89. The molecule has 0 aliphatic rings. The fourth-order valence-electron chi connectivity index (χ4n) is 1.60. The van der Waals surface area contributed by atoms with Crippen LogP contribution >= 0.6 is 23.2 Å². The minimum absolute atomic E-state index is 0.0338. The number of hydrogen-bond donors (Lipinski definition) is 2. The van der Waals surface area contributed by atoms with Gasteiger partial charge in [0.1, 0.15) is 11.9 Å². The van der Waals surface area contributed by atoms with Crippen molar-refractivity contribution in [3.63, 3.8) is 0 Å². The number of carbonyl (C=O) groups is 2. The molecule has 0 heterocycles. The fourth-order valence-corrected chi connectivity index (χ4v) is 2.07. The molecule has 20 heavy (non-hydrogen) atoms. The van der Waals surface area contributed by atoms with Crippen LogP contribution in [0.5, 0.6) is 0 Å². The minimum Gasteiger partial charge on any atom is -0.480 e. The highest BCUT2D eigenvalue weighted by molar-refractivity contribution is 6.36. The van der Waals surface area contributed by atoms with Crippen LogP contribution in [0.2, 0.25) is 10.0 Å². The monoisotopic (exact) mass is 321 g/mol. The van der Waals surface area contributed by atoms with Crippen molar-refractivity contribution < 1.29 is 19.1 Å². The second-order valence-corrected chi connectivity index (χ2v) is 5.07. The van der Waals surface area contributed by atoms with Gasteiger partial charge in [0.25, 0.3) is 5.91 Å². The number of unbranched alkanes of at least 4 members (excludes halogenated alkanes) is 1. The number of hydrogen-bond acceptors (Lipinski definition) is 2. The Bertz CT molecular complexity index is 523. The summed E-state index contributed by atoms with van der Waals surface area (Å²) in [6.45, 7) is 1.91. The first-order chi connectivity index (χ1) is 9.36. The van der Waals surface area contributed by atoms with Crippen LogP contribution in [-0.4, -0.2) is 23.0 Å². The van der Waals surface area contributed by atoms with Gasteiger partial charge < -0.3 is 10.4 Å². The summed E-state index contributed by atoms with van der Waals surface area (Å²) < 4.78 is 13.3. The quantitative estimate of drug-likeness (QED) is 0.788. The van der Waals surface area contributed by atoms with Crippen molar-refractivity contribution in [3.8, 4) is 0 Å². The Kier molecular flexibility index (Phi) is 6.23. The molecule has 0 aliphatic carbocycles. The van der Waals surface area contributed by atoms with Crippen molar-refractivity contribution in [1.29, 1.82) is 0 Å². The molecule has 7 heteroatoms. The summed E-state index contributed by atoms with van der Waals surface area (Å²) in [7, 11) is 0. The van der Waals surface area contributed by atoms with Crippen molar-refractivity contribution >= 4 is 35.1 Å². The SMILES string of the molecule is CCCCC(NC(=O)c1cc(F)c(Cl)cc1Cl)C(=O)O. The summed E-state index contributed by atoms with van der Waals surface area (Å²) in [5.74, 6) is -2.67. The van der Waals surface area contributed by atoms with Crippen molar-refractivity contribution in [3.05, 3.63) is 33.6 Å². The minimum atomic E-state index is -1.14. The lowest BCUT2D eigenvalue weighted by atomic mass is 10.1. The number of carboxylic acids is 1. The normalized spacial score (nSPS) is 12.0. The van der Waals surface area contributed by atoms with E-state index < -0.39 is 23.7 Å². The number of carboxylic acid groups (broad SMARTS) is 1. The Labute approximate surface area is 125 Å². The molecule has 1 atom stereocenters. The largest absolute Gasteiger partial charge is 0.480 e. The van der Waals surface area contributed by atoms with Gasteiger partial charge in [-0.25, -0.2) is 9.18 Å². The van der Waals surface area contributed by atoms with Gasteiger partial charge in [-0.3, -0.25) is 4.79 Å². The van der Waals surface area contributed by atoms with Gasteiger partial charge in [0.05, 0.1) is 15.6 Å². The van der Waals surface area contributed by atoms with Gasteiger partial charge in [-0.2, -0.15) is 0 Å². The van der Waals surface area contributed by atoms with Crippen LogP contribution in [-0.2, 0) is 4.79 Å². The van der Waals surface area contributed by atoms with Crippen molar-refractivity contribution in [1.82, 2.24) is 5.32 Å². The van der Waals surface area contributed by atoms with Crippen LogP contribution in [0.25, 0.3) is 0 Å². The number of halogens is 3. The summed E-state index contributed by atoms with van der Waals surface area (Å²) in [5.41, 5.74) is -0.142. The van der Waals surface area contributed by atoms with Crippen molar-refractivity contribution in [2.75, 3.05) is 0 Å². The second kappa shape index (κ2) is 7.45. The molecular weight excluding hydrogens is 308 g/mol. The third-order valence-corrected chi connectivity index (χ3v) is 3.31. The topological polar surface area (TPSA) is 66.4 Å². The van der Waals surface area contributed by atoms with Gasteiger partial charge in [0, 0.05) is 0 Å². The maximum atomic E-state index is 13.3. The molecule has 4 nitrogen and oxygen atoms in total. The molecule has 110 valence electrons. The van der Waals surface area contributed by atoms with Gasteiger partial charge in [0.15, 0.2) is 0 Å². The number of amides is 1. The molecule has 1 amide bonds. The van der Waals surface area contributed by atoms with Crippen LogP contribution in [0.3, 0.4) is 0 Å². The van der Waals surface area contributed by atoms with E-state index in [1.807, 2.05) is 6.92 Å². The molecule has 0 bridgehead atoms. The van der Waals surface area contributed by atoms with Crippen LogP contribution in [0.15, 0.2) is 12.1 Å². The van der Waals surface area contributed by atoms with E-state index in [1.165, 1.54) is 0 Å². The maximum Gasteiger partial charge on any atom is 0.326 e. The van der Waals surface area contributed by atoms with E-state index in [2.05, 4.69) is 5.32 Å².